The largest absolute Gasteiger partial charge is 0.488 e. The van der Waals surface area contributed by atoms with Crippen molar-refractivity contribution in [2.75, 3.05) is 7.05 Å². The van der Waals surface area contributed by atoms with Crippen molar-refractivity contribution in [1.29, 1.82) is 0 Å². The summed E-state index contributed by atoms with van der Waals surface area (Å²) in [6.45, 7) is 2.87. The Morgan fingerprint density at radius 1 is 1.24 bits per heavy atom. The van der Waals surface area contributed by atoms with Crippen LogP contribution in [0.5, 0.6) is 5.75 Å². The van der Waals surface area contributed by atoms with Crippen molar-refractivity contribution in [3.63, 3.8) is 0 Å². The highest BCUT2D eigenvalue weighted by Gasteiger charge is 2.18. The molecule has 21 heavy (non-hydrogen) atoms. The lowest BCUT2D eigenvalue weighted by Crippen LogP contribution is -2.21. The second kappa shape index (κ2) is 6.63. The Balaban J connectivity index is 1.69. The maximum absolute atomic E-state index is 5.97. The number of benzene rings is 1. The molecule has 112 valence electrons. The minimum absolute atomic E-state index is 0.507. The summed E-state index contributed by atoms with van der Waals surface area (Å²) in [6.07, 6.45) is 4.77. The lowest BCUT2D eigenvalue weighted by Gasteiger charge is -2.25. The van der Waals surface area contributed by atoms with Crippen LogP contribution in [-0.2, 0) is 19.4 Å². The van der Waals surface area contributed by atoms with Gasteiger partial charge in [-0.2, -0.15) is 0 Å². The smallest absolute Gasteiger partial charge is 0.122 e. The van der Waals surface area contributed by atoms with E-state index in [2.05, 4.69) is 42.6 Å². The van der Waals surface area contributed by atoms with Gasteiger partial charge in [-0.1, -0.05) is 13.0 Å². The summed E-state index contributed by atoms with van der Waals surface area (Å²) in [5.41, 5.74) is 2.89. The van der Waals surface area contributed by atoms with Gasteiger partial charge in [0.15, 0.2) is 0 Å². The fraction of sp³-hybridized carbons (Fsp3) is 0.444. The SMILES string of the molecule is CCc1ccc(COc2ccc3c(c2)CCCC3NC)s1. The molecule has 0 bridgehead atoms. The topological polar surface area (TPSA) is 21.3 Å². The van der Waals surface area contributed by atoms with E-state index < -0.39 is 0 Å². The summed E-state index contributed by atoms with van der Waals surface area (Å²) in [5, 5.41) is 3.41. The van der Waals surface area contributed by atoms with Crippen LogP contribution < -0.4 is 10.1 Å². The third-order valence-corrected chi connectivity index (χ3v) is 5.43. The number of nitrogens with one attached hydrogen (secondary N) is 1. The molecule has 0 saturated heterocycles. The third-order valence-electron chi connectivity index (χ3n) is 4.22. The standard InChI is InChI=1S/C18H23NOS/c1-3-15-8-9-16(21-15)12-20-14-7-10-17-13(11-14)5-4-6-18(17)19-2/h7-11,18-19H,3-6,12H2,1-2H3. The van der Waals surface area contributed by atoms with Gasteiger partial charge < -0.3 is 10.1 Å². The molecule has 3 heteroatoms. The second-order valence-electron chi connectivity index (χ2n) is 5.60. The molecule has 1 aromatic carbocycles. The lowest BCUT2D eigenvalue weighted by molar-refractivity contribution is 0.309. The van der Waals surface area contributed by atoms with Gasteiger partial charge >= 0.3 is 0 Å². The van der Waals surface area contributed by atoms with E-state index in [1.165, 1.54) is 40.1 Å². The van der Waals surface area contributed by atoms with Crippen molar-refractivity contribution < 1.29 is 4.74 Å². The van der Waals surface area contributed by atoms with Gasteiger partial charge in [0.2, 0.25) is 0 Å². The zero-order valence-corrected chi connectivity index (χ0v) is 13.6. The number of hydrogen-bond acceptors (Lipinski definition) is 3. The molecule has 1 unspecified atom stereocenters. The molecule has 1 aliphatic carbocycles. The molecule has 0 spiro atoms. The predicted octanol–water partition coefficient (Wildman–Crippen LogP) is 4.49. The van der Waals surface area contributed by atoms with Crippen LogP contribution in [0.25, 0.3) is 0 Å². The van der Waals surface area contributed by atoms with Crippen LogP contribution in [0, 0.1) is 0 Å². The summed E-state index contributed by atoms with van der Waals surface area (Å²) in [5.74, 6) is 0.997. The quantitative estimate of drug-likeness (QED) is 0.879. The molecule has 3 rings (SSSR count). The molecule has 1 aromatic heterocycles. The van der Waals surface area contributed by atoms with Crippen LogP contribution in [0.15, 0.2) is 30.3 Å². The highest BCUT2D eigenvalue weighted by molar-refractivity contribution is 7.11. The van der Waals surface area contributed by atoms with Gasteiger partial charge in [0.25, 0.3) is 0 Å². The van der Waals surface area contributed by atoms with Gasteiger partial charge in [0.05, 0.1) is 0 Å². The van der Waals surface area contributed by atoms with E-state index in [-0.39, 0.29) is 0 Å². The molecule has 1 aliphatic rings. The Hall–Kier alpha value is -1.32. The number of rotatable bonds is 5. The van der Waals surface area contributed by atoms with E-state index >= 15 is 0 Å². The van der Waals surface area contributed by atoms with Crippen molar-refractivity contribution in [2.24, 2.45) is 0 Å². The Labute approximate surface area is 131 Å². The summed E-state index contributed by atoms with van der Waals surface area (Å²) < 4.78 is 5.97. The molecular weight excluding hydrogens is 278 g/mol. The number of fused-ring (bicyclic) bond motifs is 1. The van der Waals surface area contributed by atoms with E-state index in [0.29, 0.717) is 12.6 Å². The van der Waals surface area contributed by atoms with E-state index in [4.69, 9.17) is 4.74 Å². The Kier molecular flexibility index (Phi) is 4.61. The molecule has 0 aliphatic heterocycles. The van der Waals surface area contributed by atoms with Crippen LogP contribution in [-0.4, -0.2) is 7.05 Å². The van der Waals surface area contributed by atoms with E-state index in [9.17, 15) is 0 Å². The summed E-state index contributed by atoms with van der Waals surface area (Å²) in [7, 11) is 2.05. The molecule has 1 heterocycles. The van der Waals surface area contributed by atoms with E-state index in [0.717, 1.165) is 12.2 Å². The highest BCUT2D eigenvalue weighted by Crippen LogP contribution is 2.32. The van der Waals surface area contributed by atoms with E-state index in [1.54, 1.807) is 0 Å². The van der Waals surface area contributed by atoms with Crippen molar-refractivity contribution in [3.05, 3.63) is 51.2 Å². The maximum Gasteiger partial charge on any atom is 0.122 e. The molecule has 0 amide bonds. The monoisotopic (exact) mass is 301 g/mol. The van der Waals surface area contributed by atoms with Gasteiger partial charge in [-0.15, -0.1) is 11.3 Å². The van der Waals surface area contributed by atoms with Crippen molar-refractivity contribution >= 4 is 11.3 Å². The van der Waals surface area contributed by atoms with Crippen molar-refractivity contribution in [1.82, 2.24) is 5.32 Å². The fourth-order valence-corrected chi connectivity index (χ4v) is 3.90. The van der Waals surface area contributed by atoms with Crippen LogP contribution in [0.3, 0.4) is 0 Å². The summed E-state index contributed by atoms with van der Waals surface area (Å²) >= 11 is 1.85. The average molecular weight is 301 g/mol. The van der Waals surface area contributed by atoms with Crippen LogP contribution in [0.2, 0.25) is 0 Å². The number of aryl methyl sites for hydroxylation is 2. The first-order valence-corrected chi connectivity index (χ1v) is 8.62. The molecule has 0 fully saturated rings. The first-order chi connectivity index (χ1) is 10.3. The van der Waals surface area contributed by atoms with Gasteiger partial charge in [0, 0.05) is 15.8 Å². The van der Waals surface area contributed by atoms with Gasteiger partial charge in [-0.3, -0.25) is 0 Å². The maximum atomic E-state index is 5.97. The lowest BCUT2D eigenvalue weighted by atomic mass is 9.87. The molecule has 0 radical (unpaired) electrons. The molecule has 2 aromatic rings. The fourth-order valence-electron chi connectivity index (χ4n) is 3.02. The first kappa shape index (κ1) is 14.6. The van der Waals surface area contributed by atoms with Crippen LogP contribution in [0.4, 0.5) is 0 Å². The van der Waals surface area contributed by atoms with Crippen LogP contribution >= 0.6 is 11.3 Å². The van der Waals surface area contributed by atoms with E-state index in [1.807, 2.05) is 18.4 Å². The van der Waals surface area contributed by atoms with Gasteiger partial charge in [-0.05, 0) is 68.1 Å². The normalized spacial score (nSPS) is 17.5. The molecule has 0 saturated carbocycles. The van der Waals surface area contributed by atoms with Gasteiger partial charge in [-0.25, -0.2) is 0 Å². The summed E-state index contributed by atoms with van der Waals surface area (Å²) in [4.78, 5) is 2.73. The average Bonchev–Trinajstić information content (AvgIpc) is 3.00. The second-order valence-corrected chi connectivity index (χ2v) is 6.86. The summed E-state index contributed by atoms with van der Waals surface area (Å²) in [6, 6.07) is 11.5. The minimum Gasteiger partial charge on any atom is -0.488 e. The number of thiophene rings is 1. The number of ether oxygens (including phenoxy) is 1. The molecule has 1 atom stereocenters. The van der Waals surface area contributed by atoms with Crippen LogP contribution in [0.1, 0.15) is 46.7 Å². The van der Waals surface area contributed by atoms with Crippen molar-refractivity contribution in [2.45, 2.75) is 45.3 Å². The predicted molar refractivity (Wildman–Crippen MR) is 89.2 cm³/mol. The molecule has 1 N–H and O–H groups in total. The molecular formula is C18H23NOS. The molecule has 2 nitrogen and oxygen atoms in total. The zero-order valence-electron chi connectivity index (χ0n) is 12.8. The third kappa shape index (κ3) is 3.30. The highest BCUT2D eigenvalue weighted by atomic mass is 32.1. The number of hydrogen-bond donors (Lipinski definition) is 1. The first-order valence-electron chi connectivity index (χ1n) is 7.80. The van der Waals surface area contributed by atoms with Gasteiger partial charge in [0.1, 0.15) is 12.4 Å². The van der Waals surface area contributed by atoms with Crippen molar-refractivity contribution in [3.8, 4) is 5.75 Å². The Morgan fingerprint density at radius 2 is 2.10 bits per heavy atom. The Morgan fingerprint density at radius 3 is 2.86 bits per heavy atom. The minimum atomic E-state index is 0.507. The zero-order chi connectivity index (χ0) is 14.7. The Bertz CT molecular complexity index is 605.